The molecule has 0 aliphatic carbocycles. The highest BCUT2D eigenvalue weighted by molar-refractivity contribution is 7.99. The molecule has 136 valence electrons. The summed E-state index contributed by atoms with van der Waals surface area (Å²) in [7, 11) is 1.59. The van der Waals surface area contributed by atoms with Crippen LogP contribution in [0.5, 0.6) is 5.75 Å². The first-order chi connectivity index (χ1) is 12.6. The molecule has 2 heterocycles. The number of aromatic nitrogens is 4. The molecule has 1 atom stereocenters. The number of rotatable bonds is 7. The molecule has 0 saturated heterocycles. The summed E-state index contributed by atoms with van der Waals surface area (Å²) in [5.41, 5.74) is 1.78. The van der Waals surface area contributed by atoms with E-state index in [2.05, 4.69) is 20.8 Å². The van der Waals surface area contributed by atoms with Crippen molar-refractivity contribution < 1.29 is 13.9 Å². The van der Waals surface area contributed by atoms with E-state index in [0.717, 1.165) is 11.3 Å². The molecule has 0 saturated carbocycles. The number of hydrogen-bond acceptors (Lipinski definition) is 7. The van der Waals surface area contributed by atoms with Crippen molar-refractivity contribution in [3.8, 4) is 11.4 Å². The molecule has 1 aromatic carbocycles. The number of amides is 1. The van der Waals surface area contributed by atoms with Crippen LogP contribution in [0.25, 0.3) is 5.69 Å². The zero-order valence-corrected chi connectivity index (χ0v) is 15.5. The molecule has 0 unspecified atom stereocenters. The van der Waals surface area contributed by atoms with Gasteiger partial charge in [0.2, 0.25) is 11.1 Å². The van der Waals surface area contributed by atoms with Gasteiger partial charge in [-0.1, -0.05) is 17.8 Å². The molecule has 0 radical (unpaired) electrons. The summed E-state index contributed by atoms with van der Waals surface area (Å²) in [5, 5.41) is 15.1. The van der Waals surface area contributed by atoms with E-state index in [-0.39, 0.29) is 17.7 Å². The van der Waals surface area contributed by atoms with Crippen molar-refractivity contribution in [2.45, 2.75) is 25.0 Å². The van der Waals surface area contributed by atoms with Crippen molar-refractivity contribution in [3.05, 3.63) is 47.9 Å². The van der Waals surface area contributed by atoms with Crippen LogP contribution in [0, 0.1) is 6.92 Å². The average Bonchev–Trinajstić information content (AvgIpc) is 3.31. The maximum Gasteiger partial charge on any atom is 0.231 e. The van der Waals surface area contributed by atoms with E-state index >= 15 is 0 Å². The Morgan fingerprint density at radius 3 is 3.00 bits per heavy atom. The van der Waals surface area contributed by atoms with Gasteiger partial charge in [0.25, 0.3) is 0 Å². The Labute approximate surface area is 154 Å². The van der Waals surface area contributed by atoms with Crippen LogP contribution in [0.3, 0.4) is 0 Å². The summed E-state index contributed by atoms with van der Waals surface area (Å²) in [5.74, 6) is 1.41. The van der Waals surface area contributed by atoms with Crippen LogP contribution in [0.1, 0.15) is 24.3 Å². The molecule has 8 nitrogen and oxygen atoms in total. The van der Waals surface area contributed by atoms with Crippen LogP contribution in [0.15, 0.2) is 46.2 Å². The monoisotopic (exact) mass is 373 g/mol. The van der Waals surface area contributed by atoms with Crippen LogP contribution in [0.2, 0.25) is 0 Å². The molecule has 1 amide bonds. The standard InChI is InChI=1S/C17H19N5O3S/c1-11-6-7-15(24-3)13(9-11)22-17(19-20-21-22)26-10-16(23)18-12(2)14-5-4-8-25-14/h4-9,12H,10H2,1-3H3,(H,18,23)/t12-/m1/s1. The number of hydrogen-bond donors (Lipinski definition) is 1. The molecule has 26 heavy (non-hydrogen) atoms. The number of aryl methyl sites for hydroxylation is 1. The molecule has 9 heteroatoms. The van der Waals surface area contributed by atoms with Crippen LogP contribution in [0.4, 0.5) is 0 Å². The van der Waals surface area contributed by atoms with Gasteiger partial charge in [-0.15, -0.1) is 5.10 Å². The first kappa shape index (κ1) is 18.0. The third kappa shape index (κ3) is 4.05. The van der Waals surface area contributed by atoms with Crippen LogP contribution < -0.4 is 10.1 Å². The van der Waals surface area contributed by atoms with Crippen LogP contribution >= 0.6 is 11.8 Å². The van der Waals surface area contributed by atoms with Gasteiger partial charge in [0.15, 0.2) is 0 Å². The summed E-state index contributed by atoms with van der Waals surface area (Å²) in [6.45, 7) is 3.84. The minimum atomic E-state index is -0.203. The lowest BCUT2D eigenvalue weighted by atomic mass is 10.2. The Morgan fingerprint density at radius 1 is 1.42 bits per heavy atom. The van der Waals surface area contributed by atoms with Crippen molar-refractivity contribution in [1.29, 1.82) is 0 Å². The van der Waals surface area contributed by atoms with Crippen LogP contribution in [-0.2, 0) is 4.79 Å². The van der Waals surface area contributed by atoms with Crippen molar-refractivity contribution >= 4 is 17.7 Å². The van der Waals surface area contributed by atoms with Gasteiger partial charge in [-0.05, 0) is 54.1 Å². The van der Waals surface area contributed by atoms with E-state index in [1.54, 1.807) is 24.1 Å². The predicted molar refractivity (Wildman–Crippen MR) is 96.4 cm³/mol. The number of methoxy groups -OCH3 is 1. The number of carbonyl (C=O) groups excluding carboxylic acids is 1. The Morgan fingerprint density at radius 2 is 2.27 bits per heavy atom. The third-order valence-electron chi connectivity index (χ3n) is 3.68. The molecule has 1 N–H and O–H groups in total. The normalized spacial score (nSPS) is 12.0. The summed E-state index contributed by atoms with van der Waals surface area (Å²) in [6, 6.07) is 9.14. The highest BCUT2D eigenvalue weighted by Gasteiger charge is 2.17. The smallest absolute Gasteiger partial charge is 0.231 e. The zero-order valence-electron chi connectivity index (χ0n) is 14.7. The number of tetrazole rings is 1. The topological polar surface area (TPSA) is 95.1 Å². The lowest BCUT2D eigenvalue weighted by Gasteiger charge is -2.12. The van der Waals surface area contributed by atoms with Crippen molar-refractivity contribution in [2.75, 3.05) is 12.9 Å². The van der Waals surface area contributed by atoms with Gasteiger partial charge in [-0.2, -0.15) is 4.68 Å². The third-order valence-corrected chi connectivity index (χ3v) is 4.60. The van der Waals surface area contributed by atoms with E-state index < -0.39 is 0 Å². The summed E-state index contributed by atoms with van der Waals surface area (Å²) >= 11 is 1.25. The SMILES string of the molecule is COc1ccc(C)cc1-n1nnnc1SCC(=O)N[C@H](C)c1ccco1. The molecule has 0 aliphatic rings. The molecule has 3 aromatic rings. The molecule has 0 bridgehead atoms. The number of nitrogens with zero attached hydrogens (tertiary/aromatic N) is 4. The predicted octanol–water partition coefficient (Wildman–Crippen LogP) is 2.54. The highest BCUT2D eigenvalue weighted by Crippen LogP contribution is 2.27. The van der Waals surface area contributed by atoms with E-state index in [0.29, 0.717) is 16.7 Å². The summed E-state index contributed by atoms with van der Waals surface area (Å²) in [6.07, 6.45) is 1.58. The molecular formula is C17H19N5O3S. The summed E-state index contributed by atoms with van der Waals surface area (Å²) in [4.78, 5) is 12.2. The molecule has 0 aliphatic heterocycles. The number of ether oxygens (including phenoxy) is 1. The first-order valence-corrected chi connectivity index (χ1v) is 8.96. The van der Waals surface area contributed by atoms with Crippen molar-refractivity contribution in [2.24, 2.45) is 0 Å². The minimum absolute atomic E-state index is 0.135. The van der Waals surface area contributed by atoms with E-state index in [9.17, 15) is 4.79 Å². The van der Waals surface area contributed by atoms with Gasteiger partial charge in [0.05, 0.1) is 25.2 Å². The van der Waals surface area contributed by atoms with Crippen molar-refractivity contribution in [1.82, 2.24) is 25.5 Å². The molecular weight excluding hydrogens is 354 g/mol. The second kappa shape index (κ2) is 8.05. The number of thioether (sulfide) groups is 1. The Bertz CT molecular complexity index is 878. The second-order valence-corrected chi connectivity index (χ2v) is 6.58. The van der Waals surface area contributed by atoms with Gasteiger partial charge >= 0.3 is 0 Å². The fourth-order valence-corrected chi connectivity index (χ4v) is 3.10. The molecule has 3 rings (SSSR count). The number of benzene rings is 1. The quantitative estimate of drug-likeness (QED) is 0.636. The van der Waals surface area contributed by atoms with E-state index in [1.807, 2.05) is 38.1 Å². The maximum absolute atomic E-state index is 12.2. The fourth-order valence-electron chi connectivity index (χ4n) is 2.41. The molecule has 0 fully saturated rings. The molecule has 2 aromatic heterocycles. The number of nitrogens with one attached hydrogen (secondary N) is 1. The van der Waals surface area contributed by atoms with Crippen molar-refractivity contribution in [3.63, 3.8) is 0 Å². The van der Waals surface area contributed by atoms with E-state index in [4.69, 9.17) is 9.15 Å². The average molecular weight is 373 g/mol. The second-order valence-electron chi connectivity index (χ2n) is 5.64. The lowest BCUT2D eigenvalue weighted by molar-refractivity contribution is -0.119. The Balaban J connectivity index is 1.68. The van der Waals surface area contributed by atoms with Gasteiger partial charge in [-0.3, -0.25) is 4.79 Å². The minimum Gasteiger partial charge on any atom is -0.494 e. The fraction of sp³-hybridized carbons (Fsp3) is 0.294. The van der Waals surface area contributed by atoms with Gasteiger partial charge in [0, 0.05) is 0 Å². The first-order valence-electron chi connectivity index (χ1n) is 7.97. The lowest BCUT2D eigenvalue weighted by Crippen LogP contribution is -2.28. The number of carbonyl (C=O) groups is 1. The maximum atomic E-state index is 12.2. The van der Waals surface area contributed by atoms with Gasteiger partial charge in [-0.25, -0.2) is 0 Å². The number of furan rings is 1. The van der Waals surface area contributed by atoms with Crippen LogP contribution in [-0.4, -0.2) is 39.0 Å². The largest absolute Gasteiger partial charge is 0.494 e. The molecule has 0 spiro atoms. The Kier molecular flexibility index (Phi) is 5.57. The zero-order chi connectivity index (χ0) is 18.5. The van der Waals surface area contributed by atoms with Gasteiger partial charge < -0.3 is 14.5 Å². The Hall–Kier alpha value is -2.81. The summed E-state index contributed by atoms with van der Waals surface area (Å²) < 4.78 is 12.2. The highest BCUT2D eigenvalue weighted by atomic mass is 32.2. The van der Waals surface area contributed by atoms with Gasteiger partial charge in [0.1, 0.15) is 17.2 Å². The van der Waals surface area contributed by atoms with E-state index in [1.165, 1.54) is 11.8 Å².